The highest BCUT2D eigenvalue weighted by atomic mass is 19.1. The van der Waals surface area contributed by atoms with Gasteiger partial charge in [-0.15, -0.1) is 0 Å². The minimum absolute atomic E-state index is 0.276. The number of hydrogen-bond donors (Lipinski definition) is 0. The zero-order valence-corrected chi connectivity index (χ0v) is 15.8. The molecule has 136 valence electrons. The second-order valence-electron chi connectivity index (χ2n) is 7.12. The van der Waals surface area contributed by atoms with Gasteiger partial charge in [-0.05, 0) is 57.9 Å². The van der Waals surface area contributed by atoms with Gasteiger partial charge in [0.1, 0.15) is 5.73 Å². The molecule has 0 radical (unpaired) electrons. The zero-order valence-electron chi connectivity index (χ0n) is 15.8. The van der Waals surface area contributed by atoms with Gasteiger partial charge in [-0.25, -0.2) is 9.45 Å². The average molecular weight is 349 g/mol. The molecule has 2 rings (SSSR count). The predicted octanol–water partition coefficient (Wildman–Crippen LogP) is 3.65. The summed E-state index contributed by atoms with van der Waals surface area (Å²) < 4.78 is 26.3. The lowest BCUT2D eigenvalue weighted by atomic mass is 9.83. The molecule has 25 heavy (non-hydrogen) atoms. The molecule has 0 unspecified atom stereocenters. The fourth-order valence-corrected chi connectivity index (χ4v) is 2.39. The molecule has 1 saturated heterocycles. The summed E-state index contributed by atoms with van der Waals surface area (Å²) in [4.78, 5) is 16.9. The van der Waals surface area contributed by atoms with Crippen molar-refractivity contribution in [2.24, 2.45) is 0 Å². The Kier molecular flexibility index (Phi) is 5.42. The van der Waals surface area contributed by atoms with E-state index in [1.807, 2.05) is 27.7 Å². The number of amides is 1. The van der Waals surface area contributed by atoms with E-state index in [1.165, 1.54) is 14.2 Å². The van der Waals surface area contributed by atoms with Crippen LogP contribution in [0.15, 0.2) is 30.0 Å². The molecule has 0 saturated carbocycles. The SMILES string of the molecule is CON(C)C(=O)c1ccc(C(C)=C(F)B2OC(C)(C)C(C)(C)O2)cc1. The minimum Gasteiger partial charge on any atom is -0.398 e. The molecule has 0 bridgehead atoms. The molecule has 1 heterocycles. The van der Waals surface area contributed by atoms with Gasteiger partial charge in [0.05, 0.1) is 18.3 Å². The average Bonchev–Trinajstić information content (AvgIpc) is 2.80. The van der Waals surface area contributed by atoms with Crippen LogP contribution in [0.5, 0.6) is 0 Å². The number of hydroxylamine groups is 2. The van der Waals surface area contributed by atoms with Crippen molar-refractivity contribution in [1.82, 2.24) is 5.06 Å². The number of carbonyl (C=O) groups is 1. The highest BCUT2D eigenvalue weighted by Gasteiger charge is 2.53. The van der Waals surface area contributed by atoms with Gasteiger partial charge < -0.3 is 9.31 Å². The van der Waals surface area contributed by atoms with Crippen LogP contribution < -0.4 is 0 Å². The molecule has 1 aromatic rings. The van der Waals surface area contributed by atoms with E-state index >= 15 is 0 Å². The highest BCUT2D eigenvalue weighted by Crippen LogP contribution is 2.40. The van der Waals surface area contributed by atoms with Crippen LogP contribution in [-0.2, 0) is 14.1 Å². The Balaban J connectivity index is 2.23. The Morgan fingerprint density at radius 2 is 1.52 bits per heavy atom. The number of halogens is 1. The van der Waals surface area contributed by atoms with Gasteiger partial charge in [0.25, 0.3) is 5.91 Å². The summed E-state index contributed by atoms with van der Waals surface area (Å²) in [6.07, 6.45) is 0. The Morgan fingerprint density at radius 1 is 1.08 bits per heavy atom. The van der Waals surface area contributed by atoms with Crippen LogP contribution >= 0.6 is 0 Å². The fourth-order valence-electron chi connectivity index (χ4n) is 2.39. The minimum atomic E-state index is -1.04. The lowest BCUT2D eigenvalue weighted by Crippen LogP contribution is -2.41. The number of hydrogen-bond acceptors (Lipinski definition) is 4. The quantitative estimate of drug-likeness (QED) is 0.615. The van der Waals surface area contributed by atoms with Crippen LogP contribution in [0.4, 0.5) is 4.39 Å². The molecule has 1 amide bonds. The maximum atomic E-state index is 14.9. The molecular formula is C18H25BFNO4. The van der Waals surface area contributed by atoms with Crippen molar-refractivity contribution in [2.45, 2.75) is 45.8 Å². The van der Waals surface area contributed by atoms with Crippen molar-refractivity contribution in [3.05, 3.63) is 41.1 Å². The number of nitrogens with zero attached hydrogens (tertiary/aromatic N) is 1. The van der Waals surface area contributed by atoms with Crippen molar-refractivity contribution in [1.29, 1.82) is 0 Å². The third-order valence-corrected chi connectivity index (χ3v) is 4.94. The predicted molar refractivity (Wildman–Crippen MR) is 95.3 cm³/mol. The zero-order chi connectivity index (χ0) is 19.0. The van der Waals surface area contributed by atoms with Crippen LogP contribution in [-0.4, -0.2) is 43.4 Å². The van der Waals surface area contributed by atoms with Gasteiger partial charge in [-0.3, -0.25) is 9.63 Å². The second kappa shape index (κ2) is 6.90. The van der Waals surface area contributed by atoms with Crippen LogP contribution in [0.2, 0.25) is 0 Å². The molecule has 0 aromatic heterocycles. The summed E-state index contributed by atoms with van der Waals surface area (Å²) in [7, 11) is 1.91. The maximum Gasteiger partial charge on any atom is 0.525 e. The summed E-state index contributed by atoms with van der Waals surface area (Å²) in [6.45, 7) is 9.17. The summed E-state index contributed by atoms with van der Waals surface area (Å²) in [5.74, 6) is -0.276. The molecule has 0 N–H and O–H groups in total. The van der Waals surface area contributed by atoms with Crippen molar-refractivity contribution < 1.29 is 23.3 Å². The van der Waals surface area contributed by atoms with Gasteiger partial charge in [-0.1, -0.05) is 12.1 Å². The van der Waals surface area contributed by atoms with Crippen LogP contribution in [0.3, 0.4) is 0 Å². The van der Waals surface area contributed by atoms with Gasteiger partial charge in [-0.2, -0.15) is 0 Å². The first-order valence-corrected chi connectivity index (χ1v) is 8.14. The third kappa shape index (κ3) is 3.78. The molecule has 5 nitrogen and oxygen atoms in total. The van der Waals surface area contributed by atoms with E-state index in [-0.39, 0.29) is 5.91 Å². The van der Waals surface area contributed by atoms with Crippen molar-refractivity contribution in [3.63, 3.8) is 0 Å². The first kappa shape index (κ1) is 19.6. The van der Waals surface area contributed by atoms with E-state index in [9.17, 15) is 9.18 Å². The maximum absolute atomic E-state index is 14.9. The van der Waals surface area contributed by atoms with Crippen LogP contribution in [0.1, 0.15) is 50.5 Å². The first-order valence-electron chi connectivity index (χ1n) is 8.14. The number of rotatable bonds is 4. The highest BCUT2D eigenvalue weighted by molar-refractivity contribution is 6.55. The molecule has 0 aliphatic carbocycles. The van der Waals surface area contributed by atoms with Gasteiger partial charge in [0.15, 0.2) is 0 Å². The largest absolute Gasteiger partial charge is 0.525 e. The van der Waals surface area contributed by atoms with E-state index in [4.69, 9.17) is 14.1 Å². The smallest absolute Gasteiger partial charge is 0.398 e. The van der Waals surface area contributed by atoms with Gasteiger partial charge >= 0.3 is 7.12 Å². The number of benzene rings is 1. The molecule has 1 aliphatic heterocycles. The Labute approximate surface area is 148 Å². The topological polar surface area (TPSA) is 48.0 Å². The van der Waals surface area contributed by atoms with Crippen LogP contribution in [0, 0.1) is 0 Å². The molecule has 1 aromatic carbocycles. The lowest BCUT2D eigenvalue weighted by Gasteiger charge is -2.32. The Morgan fingerprint density at radius 3 is 1.96 bits per heavy atom. The molecule has 7 heteroatoms. The van der Waals surface area contributed by atoms with Crippen molar-refractivity contribution in [2.75, 3.05) is 14.2 Å². The van der Waals surface area contributed by atoms with E-state index in [1.54, 1.807) is 31.2 Å². The normalized spacial score (nSPS) is 19.6. The van der Waals surface area contributed by atoms with E-state index in [0.29, 0.717) is 16.7 Å². The number of carbonyl (C=O) groups excluding carboxylic acids is 1. The van der Waals surface area contributed by atoms with Crippen molar-refractivity contribution >= 4 is 18.6 Å². The summed E-state index contributed by atoms with van der Waals surface area (Å²) in [5, 5.41) is 1.13. The van der Waals surface area contributed by atoms with Crippen molar-refractivity contribution in [3.8, 4) is 0 Å². The molecule has 0 atom stereocenters. The van der Waals surface area contributed by atoms with Gasteiger partial charge in [0, 0.05) is 12.6 Å². The number of allylic oxidation sites excluding steroid dienone is 1. The van der Waals surface area contributed by atoms with Gasteiger partial charge in [0.2, 0.25) is 0 Å². The monoisotopic (exact) mass is 349 g/mol. The van der Waals surface area contributed by atoms with E-state index in [0.717, 1.165) is 5.06 Å². The van der Waals surface area contributed by atoms with E-state index in [2.05, 4.69) is 0 Å². The molecule has 1 fully saturated rings. The Bertz CT molecular complexity index is 669. The summed E-state index contributed by atoms with van der Waals surface area (Å²) >= 11 is 0. The molecule has 1 aliphatic rings. The Hall–Kier alpha value is -1.70. The van der Waals surface area contributed by atoms with Crippen LogP contribution in [0.25, 0.3) is 5.57 Å². The third-order valence-electron chi connectivity index (χ3n) is 4.94. The first-order chi connectivity index (χ1) is 11.5. The summed E-state index contributed by atoms with van der Waals surface area (Å²) in [6, 6.07) is 6.65. The van der Waals surface area contributed by atoms with E-state index < -0.39 is 24.0 Å². The summed E-state index contributed by atoms with van der Waals surface area (Å²) in [5.41, 5.74) is -0.142. The lowest BCUT2D eigenvalue weighted by molar-refractivity contribution is -0.0756. The standard InChI is InChI=1S/C18H25BFNO4/c1-12(15(20)19-24-17(2,3)18(4,5)25-19)13-8-10-14(11-9-13)16(22)21(6)23-7/h8-11H,1-7H3. The fraction of sp³-hybridized carbons (Fsp3) is 0.500. The molecular weight excluding hydrogens is 324 g/mol. The molecule has 0 spiro atoms. The second-order valence-corrected chi connectivity index (χ2v) is 7.12.